The van der Waals surface area contributed by atoms with Crippen LogP contribution in [0.1, 0.15) is 51.4 Å². The number of ether oxygens (including phenoxy) is 2. The molecule has 22 heavy (non-hydrogen) atoms. The molecule has 2 aliphatic carbocycles. The van der Waals surface area contributed by atoms with E-state index in [1.165, 1.54) is 14.2 Å². The summed E-state index contributed by atoms with van der Waals surface area (Å²) in [6.45, 7) is 0. The van der Waals surface area contributed by atoms with Crippen LogP contribution in [0.3, 0.4) is 0 Å². The van der Waals surface area contributed by atoms with E-state index in [0.717, 1.165) is 38.5 Å². The van der Waals surface area contributed by atoms with Gasteiger partial charge in [-0.05, 0) is 38.5 Å². The van der Waals surface area contributed by atoms with Gasteiger partial charge in [-0.25, -0.2) is 0 Å². The molecular weight excluding hydrogens is 284 g/mol. The van der Waals surface area contributed by atoms with E-state index in [0.29, 0.717) is 12.8 Å². The van der Waals surface area contributed by atoms with Crippen molar-refractivity contribution in [1.29, 1.82) is 0 Å². The molecule has 2 aliphatic rings. The van der Waals surface area contributed by atoms with Gasteiger partial charge in [0.1, 0.15) is 5.78 Å². The molecule has 0 aromatic rings. The summed E-state index contributed by atoms with van der Waals surface area (Å²) in [5.74, 6) is -0.566. The van der Waals surface area contributed by atoms with Gasteiger partial charge in [-0.3, -0.25) is 14.4 Å². The van der Waals surface area contributed by atoms with Crippen molar-refractivity contribution in [3.63, 3.8) is 0 Å². The molecule has 2 saturated carbocycles. The van der Waals surface area contributed by atoms with Gasteiger partial charge in [0.05, 0.1) is 26.1 Å². The minimum absolute atomic E-state index is 0.0563. The molecule has 0 N–H and O–H groups in total. The number of methoxy groups -OCH3 is 2. The highest BCUT2D eigenvalue weighted by Gasteiger charge is 2.38. The standard InChI is InChI=1S/C17H26O5/c1-21-16(19)13-7-3-5-11(9-13)15(18)12-6-4-8-14(10-12)17(20)22-2/h11-14H,3-10H2,1-2H3/t11-,12+,13+,14-. The second-order valence-electron chi connectivity index (χ2n) is 6.57. The third-order valence-corrected chi connectivity index (χ3v) is 5.22. The molecule has 2 rings (SSSR count). The first kappa shape index (κ1) is 17.0. The van der Waals surface area contributed by atoms with Gasteiger partial charge >= 0.3 is 11.9 Å². The Hall–Kier alpha value is -1.39. The molecule has 124 valence electrons. The number of carbonyl (C=O) groups is 3. The number of ketones is 1. The topological polar surface area (TPSA) is 69.7 Å². The van der Waals surface area contributed by atoms with Crippen molar-refractivity contribution in [2.24, 2.45) is 23.7 Å². The largest absolute Gasteiger partial charge is 0.469 e. The van der Waals surface area contributed by atoms with Crippen LogP contribution < -0.4 is 0 Å². The predicted octanol–water partition coefficient (Wildman–Crippen LogP) is 2.51. The molecule has 0 spiro atoms. The summed E-state index contributed by atoms with van der Waals surface area (Å²) >= 11 is 0. The Morgan fingerprint density at radius 1 is 0.682 bits per heavy atom. The maximum atomic E-state index is 12.8. The number of esters is 2. The summed E-state index contributed by atoms with van der Waals surface area (Å²) in [6, 6.07) is 0. The van der Waals surface area contributed by atoms with Crippen LogP contribution in [-0.4, -0.2) is 31.9 Å². The van der Waals surface area contributed by atoms with Crippen LogP contribution in [0.15, 0.2) is 0 Å². The molecule has 0 aromatic carbocycles. The normalized spacial score (nSPS) is 32.1. The lowest BCUT2D eigenvalue weighted by Crippen LogP contribution is -2.35. The van der Waals surface area contributed by atoms with Crippen molar-refractivity contribution >= 4 is 17.7 Å². The fraction of sp³-hybridized carbons (Fsp3) is 0.824. The van der Waals surface area contributed by atoms with Gasteiger partial charge in [-0.15, -0.1) is 0 Å². The Labute approximate surface area is 131 Å². The first-order valence-electron chi connectivity index (χ1n) is 8.26. The highest BCUT2D eigenvalue weighted by atomic mass is 16.5. The van der Waals surface area contributed by atoms with E-state index >= 15 is 0 Å². The highest BCUT2D eigenvalue weighted by Crippen LogP contribution is 2.37. The summed E-state index contributed by atoms with van der Waals surface area (Å²) in [4.78, 5) is 36.2. The SMILES string of the molecule is COC(=O)[C@@H]1CCC[C@H](C(=O)[C@@H]2CCC[C@H](C(=O)OC)C2)C1. The third-order valence-electron chi connectivity index (χ3n) is 5.22. The summed E-state index contributed by atoms with van der Waals surface area (Å²) in [7, 11) is 2.80. The molecule has 0 aromatic heterocycles. The van der Waals surface area contributed by atoms with Crippen LogP contribution >= 0.6 is 0 Å². The quantitative estimate of drug-likeness (QED) is 0.746. The van der Waals surface area contributed by atoms with Crippen LogP contribution in [-0.2, 0) is 23.9 Å². The van der Waals surface area contributed by atoms with E-state index in [1.807, 2.05) is 0 Å². The van der Waals surface area contributed by atoms with E-state index in [2.05, 4.69) is 0 Å². The molecule has 2 fully saturated rings. The monoisotopic (exact) mass is 310 g/mol. The van der Waals surface area contributed by atoms with E-state index in [9.17, 15) is 14.4 Å². The van der Waals surface area contributed by atoms with Crippen molar-refractivity contribution in [1.82, 2.24) is 0 Å². The van der Waals surface area contributed by atoms with Crippen LogP contribution in [0.25, 0.3) is 0 Å². The number of carbonyl (C=O) groups excluding carboxylic acids is 3. The maximum Gasteiger partial charge on any atom is 0.308 e. The lowest BCUT2D eigenvalue weighted by atomic mass is 9.71. The van der Waals surface area contributed by atoms with Crippen molar-refractivity contribution in [3.05, 3.63) is 0 Å². The van der Waals surface area contributed by atoms with Gasteiger partial charge in [0.25, 0.3) is 0 Å². The van der Waals surface area contributed by atoms with Gasteiger partial charge in [-0.2, -0.15) is 0 Å². The fourth-order valence-electron chi connectivity index (χ4n) is 3.99. The van der Waals surface area contributed by atoms with Gasteiger partial charge in [0.2, 0.25) is 0 Å². The van der Waals surface area contributed by atoms with Crippen molar-refractivity contribution < 1.29 is 23.9 Å². The predicted molar refractivity (Wildman–Crippen MR) is 79.9 cm³/mol. The molecule has 0 bridgehead atoms. The van der Waals surface area contributed by atoms with Crippen LogP contribution in [0.5, 0.6) is 0 Å². The zero-order valence-electron chi connectivity index (χ0n) is 13.5. The van der Waals surface area contributed by atoms with E-state index in [4.69, 9.17) is 9.47 Å². The lowest BCUT2D eigenvalue weighted by Gasteiger charge is -2.32. The minimum atomic E-state index is -0.200. The third kappa shape index (κ3) is 3.87. The average molecular weight is 310 g/mol. The minimum Gasteiger partial charge on any atom is -0.469 e. The molecule has 0 amide bonds. The molecule has 5 nitrogen and oxygen atoms in total. The zero-order chi connectivity index (χ0) is 16.1. The highest BCUT2D eigenvalue weighted by molar-refractivity contribution is 5.85. The molecule has 4 atom stereocenters. The number of hydrogen-bond acceptors (Lipinski definition) is 5. The smallest absolute Gasteiger partial charge is 0.308 e. The van der Waals surface area contributed by atoms with Crippen LogP contribution in [0.2, 0.25) is 0 Å². The summed E-state index contributed by atoms with van der Waals surface area (Å²) in [6.07, 6.45) is 6.32. The Bertz CT molecular complexity index is 393. The van der Waals surface area contributed by atoms with Gasteiger partial charge < -0.3 is 9.47 Å². The molecule has 0 aliphatic heterocycles. The average Bonchev–Trinajstić information content (AvgIpc) is 2.59. The van der Waals surface area contributed by atoms with Crippen LogP contribution in [0.4, 0.5) is 0 Å². The summed E-state index contributed by atoms with van der Waals surface area (Å²) in [5.41, 5.74) is 0. The van der Waals surface area contributed by atoms with Gasteiger partial charge in [0.15, 0.2) is 0 Å². The molecular formula is C17H26O5. The van der Waals surface area contributed by atoms with Gasteiger partial charge in [0, 0.05) is 11.8 Å². The first-order valence-corrected chi connectivity index (χ1v) is 8.26. The number of hydrogen-bond donors (Lipinski definition) is 0. The second kappa shape index (κ2) is 7.75. The second-order valence-corrected chi connectivity index (χ2v) is 6.57. The van der Waals surface area contributed by atoms with E-state index < -0.39 is 0 Å². The van der Waals surface area contributed by atoms with Crippen molar-refractivity contribution in [2.45, 2.75) is 51.4 Å². The number of Topliss-reactive ketones (excluding diaryl/α,β-unsaturated/α-hetero) is 1. The molecule has 0 radical (unpaired) electrons. The Morgan fingerprint density at radius 3 is 1.41 bits per heavy atom. The van der Waals surface area contributed by atoms with Gasteiger partial charge in [-0.1, -0.05) is 12.8 Å². The maximum absolute atomic E-state index is 12.8. The summed E-state index contributed by atoms with van der Waals surface area (Å²) in [5, 5.41) is 0. The lowest BCUT2D eigenvalue weighted by molar-refractivity contribution is -0.148. The van der Waals surface area contributed by atoms with Crippen molar-refractivity contribution in [2.75, 3.05) is 14.2 Å². The molecule has 5 heteroatoms. The zero-order valence-corrected chi connectivity index (χ0v) is 13.5. The van der Waals surface area contributed by atoms with Crippen LogP contribution in [0, 0.1) is 23.7 Å². The van der Waals surface area contributed by atoms with Crippen molar-refractivity contribution in [3.8, 4) is 0 Å². The number of rotatable bonds is 4. The Kier molecular flexibility index (Phi) is 5.98. The Balaban J connectivity index is 1.95. The van der Waals surface area contributed by atoms with E-state index in [-0.39, 0.29) is 41.4 Å². The fourth-order valence-corrected chi connectivity index (χ4v) is 3.99. The summed E-state index contributed by atoms with van der Waals surface area (Å²) < 4.78 is 9.63. The Morgan fingerprint density at radius 2 is 1.05 bits per heavy atom. The van der Waals surface area contributed by atoms with E-state index in [1.54, 1.807) is 0 Å². The molecule has 0 heterocycles. The molecule has 0 unspecified atom stereocenters. The first-order chi connectivity index (χ1) is 10.6. The molecule has 0 saturated heterocycles.